The van der Waals surface area contributed by atoms with Crippen LogP contribution in [0.5, 0.6) is 0 Å². The van der Waals surface area contributed by atoms with E-state index in [1.165, 1.54) is 18.2 Å². The summed E-state index contributed by atoms with van der Waals surface area (Å²) in [6, 6.07) is 15.3. The second-order valence-corrected chi connectivity index (χ2v) is 5.09. The number of carbonyl (C=O) groups excluding carboxylic acids is 1. The van der Waals surface area contributed by atoms with Crippen LogP contribution in [0.15, 0.2) is 59.6 Å². The molecule has 0 heterocycles. The summed E-state index contributed by atoms with van der Waals surface area (Å²) in [4.78, 5) is 16.5. The van der Waals surface area contributed by atoms with Gasteiger partial charge in [0.05, 0.1) is 18.7 Å². The third-order valence-electron chi connectivity index (χ3n) is 3.26. The fourth-order valence-electron chi connectivity index (χ4n) is 2.02. The lowest BCUT2D eigenvalue weighted by Gasteiger charge is -2.11. The minimum Gasteiger partial charge on any atom is -0.463 e. The molecule has 0 aliphatic rings. The monoisotopic (exact) mass is 344 g/mol. The molecule has 132 valence electrons. The molecule has 0 aliphatic heterocycles. The van der Waals surface area contributed by atoms with Gasteiger partial charge in [-0.25, -0.2) is 9.38 Å². The Morgan fingerprint density at radius 3 is 2.52 bits per heavy atom. The number of rotatable bonds is 7. The van der Waals surface area contributed by atoms with Gasteiger partial charge in [-0.2, -0.15) is 0 Å². The summed E-state index contributed by atoms with van der Waals surface area (Å²) in [5.41, 5.74) is 0.900. The Morgan fingerprint density at radius 2 is 1.80 bits per heavy atom. The lowest BCUT2D eigenvalue weighted by atomic mass is 10.2. The SMILES string of the molecule is CCOCCOC(=NCc1ccccc1)NC(=O)c1ccccc1F. The summed E-state index contributed by atoms with van der Waals surface area (Å²) in [6.45, 7) is 3.39. The first kappa shape index (κ1) is 18.6. The van der Waals surface area contributed by atoms with Crippen LogP contribution in [0.25, 0.3) is 0 Å². The molecule has 2 rings (SSSR count). The van der Waals surface area contributed by atoms with E-state index in [4.69, 9.17) is 9.47 Å². The van der Waals surface area contributed by atoms with Crippen molar-refractivity contribution in [3.05, 3.63) is 71.5 Å². The smallest absolute Gasteiger partial charge is 0.292 e. The van der Waals surface area contributed by atoms with Crippen LogP contribution in [-0.4, -0.2) is 31.7 Å². The summed E-state index contributed by atoms with van der Waals surface area (Å²) in [6.07, 6.45) is 0. The van der Waals surface area contributed by atoms with Crippen molar-refractivity contribution < 1.29 is 18.7 Å². The first-order valence-corrected chi connectivity index (χ1v) is 8.05. The predicted molar refractivity (Wildman–Crippen MR) is 93.9 cm³/mol. The molecule has 6 heteroatoms. The van der Waals surface area contributed by atoms with Crippen LogP contribution in [0.2, 0.25) is 0 Å². The Bertz CT molecular complexity index is 705. The van der Waals surface area contributed by atoms with Gasteiger partial charge in [0.1, 0.15) is 12.4 Å². The molecule has 0 radical (unpaired) electrons. The van der Waals surface area contributed by atoms with Crippen molar-refractivity contribution in [1.29, 1.82) is 0 Å². The minimum atomic E-state index is -0.610. The molecule has 0 bridgehead atoms. The maximum absolute atomic E-state index is 13.7. The number of carbonyl (C=O) groups is 1. The van der Waals surface area contributed by atoms with Crippen LogP contribution in [0.3, 0.4) is 0 Å². The quantitative estimate of drug-likeness (QED) is 0.477. The summed E-state index contributed by atoms with van der Waals surface area (Å²) in [5.74, 6) is -1.21. The zero-order valence-corrected chi connectivity index (χ0v) is 14.1. The van der Waals surface area contributed by atoms with Crippen molar-refractivity contribution in [3.8, 4) is 0 Å². The molecule has 1 N–H and O–H groups in total. The molecule has 25 heavy (non-hydrogen) atoms. The van der Waals surface area contributed by atoms with Crippen molar-refractivity contribution in [2.45, 2.75) is 13.5 Å². The van der Waals surface area contributed by atoms with Crippen LogP contribution in [0.4, 0.5) is 4.39 Å². The lowest BCUT2D eigenvalue weighted by Crippen LogP contribution is -2.34. The zero-order valence-electron chi connectivity index (χ0n) is 14.1. The van der Waals surface area contributed by atoms with E-state index in [0.29, 0.717) is 19.8 Å². The number of hydrogen-bond donors (Lipinski definition) is 1. The number of hydrogen-bond acceptors (Lipinski definition) is 4. The van der Waals surface area contributed by atoms with Gasteiger partial charge in [0.2, 0.25) is 0 Å². The van der Waals surface area contributed by atoms with Gasteiger partial charge in [-0.05, 0) is 24.6 Å². The van der Waals surface area contributed by atoms with E-state index in [1.54, 1.807) is 6.07 Å². The topological polar surface area (TPSA) is 59.9 Å². The summed E-state index contributed by atoms with van der Waals surface area (Å²) in [5, 5.41) is 2.51. The van der Waals surface area contributed by atoms with E-state index in [2.05, 4.69) is 10.3 Å². The van der Waals surface area contributed by atoms with E-state index in [9.17, 15) is 9.18 Å². The Balaban J connectivity index is 2.05. The lowest BCUT2D eigenvalue weighted by molar-refractivity contribution is 0.0919. The summed E-state index contributed by atoms with van der Waals surface area (Å²) >= 11 is 0. The number of nitrogens with one attached hydrogen (secondary N) is 1. The van der Waals surface area contributed by atoms with E-state index in [0.717, 1.165) is 5.56 Å². The molecule has 0 atom stereocenters. The van der Waals surface area contributed by atoms with Gasteiger partial charge >= 0.3 is 0 Å². The van der Waals surface area contributed by atoms with E-state index in [-0.39, 0.29) is 18.2 Å². The highest BCUT2D eigenvalue weighted by atomic mass is 19.1. The maximum Gasteiger partial charge on any atom is 0.292 e. The molecule has 0 aliphatic carbocycles. The van der Waals surface area contributed by atoms with Crippen LogP contribution < -0.4 is 5.32 Å². The molecule has 1 amide bonds. The Morgan fingerprint density at radius 1 is 1.08 bits per heavy atom. The van der Waals surface area contributed by atoms with Crippen molar-refractivity contribution in [3.63, 3.8) is 0 Å². The van der Waals surface area contributed by atoms with Crippen LogP contribution in [0.1, 0.15) is 22.8 Å². The number of nitrogens with zero attached hydrogens (tertiary/aromatic N) is 1. The Labute approximate surface area is 146 Å². The minimum absolute atomic E-state index is 0.0387. The first-order valence-electron chi connectivity index (χ1n) is 8.05. The van der Waals surface area contributed by atoms with Crippen molar-refractivity contribution in [2.75, 3.05) is 19.8 Å². The van der Waals surface area contributed by atoms with Crippen LogP contribution >= 0.6 is 0 Å². The largest absolute Gasteiger partial charge is 0.463 e. The van der Waals surface area contributed by atoms with Gasteiger partial charge < -0.3 is 9.47 Å². The summed E-state index contributed by atoms with van der Waals surface area (Å²) < 4.78 is 24.4. The molecule has 0 fully saturated rings. The molecule has 2 aromatic rings. The normalized spacial score (nSPS) is 11.2. The molecule has 0 saturated carbocycles. The standard InChI is InChI=1S/C19H21FN2O3/c1-2-24-12-13-25-19(21-14-15-8-4-3-5-9-15)22-18(23)16-10-6-7-11-17(16)20/h3-11H,2,12-14H2,1H3,(H,21,22,23). The van der Waals surface area contributed by atoms with E-state index in [1.807, 2.05) is 37.3 Å². The van der Waals surface area contributed by atoms with E-state index < -0.39 is 11.7 Å². The van der Waals surface area contributed by atoms with Gasteiger partial charge in [0.25, 0.3) is 11.9 Å². The number of halogens is 1. The second kappa shape index (κ2) is 10.2. The van der Waals surface area contributed by atoms with Crippen molar-refractivity contribution in [1.82, 2.24) is 5.32 Å². The number of amides is 1. The summed E-state index contributed by atoms with van der Waals surface area (Å²) in [7, 11) is 0. The average Bonchev–Trinajstić information content (AvgIpc) is 2.64. The first-order chi connectivity index (χ1) is 12.2. The van der Waals surface area contributed by atoms with Crippen LogP contribution in [0, 0.1) is 5.82 Å². The zero-order chi connectivity index (χ0) is 17.9. The maximum atomic E-state index is 13.7. The molecular weight excluding hydrogens is 323 g/mol. The van der Waals surface area contributed by atoms with Crippen LogP contribution in [-0.2, 0) is 16.0 Å². The van der Waals surface area contributed by atoms with Gasteiger partial charge in [0, 0.05) is 6.61 Å². The third kappa shape index (κ3) is 6.35. The van der Waals surface area contributed by atoms with Gasteiger partial charge in [0.15, 0.2) is 0 Å². The average molecular weight is 344 g/mol. The predicted octanol–water partition coefficient (Wildman–Crippen LogP) is 3.16. The third-order valence-corrected chi connectivity index (χ3v) is 3.26. The van der Waals surface area contributed by atoms with Crippen molar-refractivity contribution in [2.24, 2.45) is 4.99 Å². The fraction of sp³-hybridized carbons (Fsp3) is 0.263. The highest BCUT2D eigenvalue weighted by molar-refractivity contribution is 6.04. The molecule has 2 aromatic carbocycles. The van der Waals surface area contributed by atoms with Gasteiger partial charge in [-0.3, -0.25) is 10.1 Å². The number of amidine groups is 1. The molecular formula is C19H21FN2O3. The number of ether oxygens (including phenoxy) is 2. The molecule has 5 nitrogen and oxygen atoms in total. The molecule has 0 spiro atoms. The number of benzene rings is 2. The van der Waals surface area contributed by atoms with Gasteiger partial charge in [-0.15, -0.1) is 0 Å². The Hall–Kier alpha value is -2.73. The van der Waals surface area contributed by atoms with Gasteiger partial charge in [-0.1, -0.05) is 42.5 Å². The molecule has 0 aromatic heterocycles. The molecule has 0 unspecified atom stereocenters. The molecule has 0 saturated heterocycles. The fourth-order valence-corrected chi connectivity index (χ4v) is 2.02. The van der Waals surface area contributed by atoms with Crippen molar-refractivity contribution >= 4 is 11.9 Å². The highest BCUT2D eigenvalue weighted by Crippen LogP contribution is 2.06. The second-order valence-electron chi connectivity index (χ2n) is 5.09. The number of aliphatic imine (C=N–C) groups is 1. The Kier molecular flexibility index (Phi) is 7.59. The van der Waals surface area contributed by atoms with E-state index >= 15 is 0 Å². The highest BCUT2D eigenvalue weighted by Gasteiger charge is 2.14.